The van der Waals surface area contributed by atoms with Gasteiger partial charge in [-0.1, -0.05) is 75.9 Å². The maximum atomic E-state index is 11.8. The van der Waals surface area contributed by atoms with Crippen molar-refractivity contribution in [3.8, 4) is 0 Å². The van der Waals surface area contributed by atoms with Crippen LogP contribution in [0.3, 0.4) is 0 Å². The van der Waals surface area contributed by atoms with Gasteiger partial charge in [-0.05, 0) is 51.4 Å². The smallest absolute Gasteiger partial charge is 0.183 e. The Kier molecular flexibility index (Phi) is 12.2. The van der Waals surface area contributed by atoms with Gasteiger partial charge >= 0.3 is 0 Å². The summed E-state index contributed by atoms with van der Waals surface area (Å²) in [5, 5.41) is 10.4. The van der Waals surface area contributed by atoms with Gasteiger partial charge < -0.3 is 5.11 Å². The van der Waals surface area contributed by atoms with Crippen LogP contribution in [0, 0.1) is 0 Å². The number of aliphatic hydroxyl groups excluding tert-OH is 1. The second-order valence-corrected chi connectivity index (χ2v) is 29.9. The van der Waals surface area contributed by atoms with Crippen molar-refractivity contribution < 1.29 is 5.11 Å². The highest BCUT2D eigenvalue weighted by molar-refractivity contribution is 8.67. The Labute approximate surface area is 229 Å². The van der Waals surface area contributed by atoms with Crippen molar-refractivity contribution in [2.75, 3.05) is 12.3 Å². The molecule has 4 aliphatic carbocycles. The van der Waals surface area contributed by atoms with E-state index in [2.05, 4.69) is 21.9 Å². The number of aliphatic hydroxyl groups is 1. The van der Waals surface area contributed by atoms with Crippen LogP contribution in [0.2, 0.25) is 0 Å². The molecule has 1 nitrogen and oxygen atoms in total. The quantitative estimate of drug-likeness (QED) is 0.148. The lowest BCUT2D eigenvalue weighted by Gasteiger charge is -2.31. The summed E-state index contributed by atoms with van der Waals surface area (Å²) in [4.78, 5) is 0. The summed E-state index contributed by atoms with van der Waals surface area (Å²) in [7, 11) is 4.59. The molecule has 0 bridgehead atoms. The van der Waals surface area contributed by atoms with E-state index in [0.717, 1.165) is 34.1 Å². The Morgan fingerprint density at radius 1 is 0.529 bits per heavy atom. The third-order valence-corrected chi connectivity index (χ3v) is 27.8. The lowest BCUT2D eigenvalue weighted by molar-refractivity contribution is 0.222. The van der Waals surface area contributed by atoms with Crippen molar-refractivity contribution in [1.82, 2.24) is 0 Å². The molecule has 4 saturated carbocycles. The Morgan fingerprint density at radius 2 is 0.824 bits per heavy atom. The molecule has 4 rings (SSSR count). The standard InChI is InChI=1S/C27H52OP2S4/c28-23(21-29(31,24-13-5-1-6-14-24)33-26-17-9-3-10-18-26)22-30(32,25-15-7-2-8-16-25)34-27-19-11-4-12-20-27/h23-28,31-32H,1-22H2/q+2. The zero-order valence-electron chi connectivity index (χ0n) is 21.5. The van der Waals surface area contributed by atoms with Gasteiger partial charge in [0, 0.05) is 37.0 Å². The number of hydrogen-bond acceptors (Lipinski definition) is 1. The lowest BCUT2D eigenvalue weighted by Crippen LogP contribution is -2.26. The molecule has 0 aromatic heterocycles. The molecule has 0 aromatic carbocycles. The molecule has 4 fully saturated rings. The number of hydrogen-bond donors (Lipinski definition) is 3. The van der Waals surface area contributed by atoms with Crippen LogP contribution in [-0.2, 0) is 21.9 Å². The van der Waals surface area contributed by atoms with Gasteiger partial charge in [-0.3, -0.25) is 0 Å². The summed E-state index contributed by atoms with van der Waals surface area (Å²) in [6.45, 7) is 0. The predicted octanol–water partition coefficient (Wildman–Crippen LogP) is 9.40. The maximum absolute atomic E-state index is 11.8. The molecule has 0 saturated heterocycles. The minimum absolute atomic E-state index is 0.187. The van der Waals surface area contributed by atoms with E-state index in [9.17, 15) is 5.11 Å². The van der Waals surface area contributed by atoms with Crippen LogP contribution in [0.4, 0.5) is 0 Å². The topological polar surface area (TPSA) is 20.2 Å². The Balaban J connectivity index is 1.53. The van der Waals surface area contributed by atoms with E-state index in [0.29, 0.717) is 0 Å². The number of rotatable bonds is 8. The predicted molar refractivity (Wildman–Crippen MR) is 170 cm³/mol. The van der Waals surface area contributed by atoms with Crippen LogP contribution in [0.1, 0.15) is 128 Å². The minimum atomic E-state index is -1.50. The average Bonchev–Trinajstić information content (AvgIpc) is 2.86. The molecule has 0 amide bonds. The van der Waals surface area contributed by atoms with Crippen molar-refractivity contribution in [1.29, 1.82) is 0 Å². The van der Waals surface area contributed by atoms with Crippen LogP contribution in [0.5, 0.6) is 0 Å². The maximum Gasteiger partial charge on any atom is 0.183 e. The molecule has 2 unspecified atom stereocenters. The second-order valence-electron chi connectivity index (χ2n) is 11.8. The highest BCUT2D eigenvalue weighted by atomic mass is 32.9. The van der Waals surface area contributed by atoms with Crippen molar-refractivity contribution in [3.05, 3.63) is 0 Å². The SMILES string of the molecule is OC(CP(S)(=[S+]C1CCCCC1)C1CCCCC1)CP(S)(=[S+]C1CCCCC1)C1CCCCC1. The Bertz CT molecular complexity index is 658. The molecule has 198 valence electrons. The average molecular weight is 583 g/mol. The van der Waals surface area contributed by atoms with E-state index in [-0.39, 0.29) is 6.10 Å². The van der Waals surface area contributed by atoms with E-state index in [1.54, 1.807) is 0 Å². The molecular formula is C27H52OP2S4+2. The van der Waals surface area contributed by atoms with Crippen LogP contribution < -0.4 is 0 Å². The molecule has 2 atom stereocenters. The van der Waals surface area contributed by atoms with Crippen LogP contribution in [0.25, 0.3) is 0 Å². The van der Waals surface area contributed by atoms with Crippen LogP contribution in [0.15, 0.2) is 0 Å². The van der Waals surface area contributed by atoms with Crippen molar-refractivity contribution >= 4 is 56.9 Å². The van der Waals surface area contributed by atoms with Crippen molar-refractivity contribution in [3.63, 3.8) is 0 Å². The fraction of sp³-hybridized carbons (Fsp3) is 1.00. The minimum Gasteiger partial charge on any atom is -0.392 e. The molecule has 0 radical (unpaired) electrons. The van der Waals surface area contributed by atoms with Gasteiger partial charge in [0.15, 0.2) is 42.9 Å². The molecule has 4 aliphatic rings. The monoisotopic (exact) mass is 582 g/mol. The number of thiol groups is 2. The summed E-state index contributed by atoms with van der Waals surface area (Å²) in [5.74, 6) is 0. The molecule has 0 heterocycles. The first-order valence-corrected chi connectivity index (χ1v) is 24.1. The summed E-state index contributed by atoms with van der Waals surface area (Å²) in [6, 6.07) is 0. The zero-order chi connectivity index (χ0) is 23.9. The Hall–Kier alpha value is 1.96. The Morgan fingerprint density at radius 3 is 1.15 bits per heavy atom. The van der Waals surface area contributed by atoms with Gasteiger partial charge in [0.1, 0.15) is 0 Å². The molecule has 0 aromatic rings. The first-order chi connectivity index (χ1) is 16.5. The van der Waals surface area contributed by atoms with Gasteiger partial charge in [0.05, 0.1) is 18.4 Å². The van der Waals surface area contributed by atoms with Gasteiger partial charge in [0.2, 0.25) is 0 Å². The second kappa shape index (κ2) is 14.4. The van der Waals surface area contributed by atoms with E-state index < -0.39 is 10.5 Å². The summed E-state index contributed by atoms with van der Waals surface area (Å²) in [5.41, 5.74) is 1.55. The first-order valence-electron chi connectivity index (χ1n) is 14.7. The molecule has 1 N–H and O–H groups in total. The van der Waals surface area contributed by atoms with Crippen LogP contribution >= 0.6 is 35.0 Å². The highest BCUT2D eigenvalue weighted by Crippen LogP contribution is 2.66. The zero-order valence-corrected chi connectivity index (χ0v) is 26.7. The largest absolute Gasteiger partial charge is 0.392 e. The third kappa shape index (κ3) is 8.48. The molecular weight excluding hydrogens is 531 g/mol. The van der Waals surface area contributed by atoms with Gasteiger partial charge in [-0.2, -0.15) is 0 Å². The first kappa shape index (κ1) is 29.0. The third-order valence-electron chi connectivity index (χ3n) is 9.00. The van der Waals surface area contributed by atoms with Gasteiger partial charge in [0.25, 0.3) is 0 Å². The van der Waals surface area contributed by atoms with Gasteiger partial charge in [-0.15, -0.1) is 0 Å². The molecule has 7 heteroatoms. The normalized spacial score (nSPS) is 29.1. The van der Waals surface area contributed by atoms with Crippen LogP contribution in [-0.4, -0.2) is 45.4 Å². The van der Waals surface area contributed by atoms with E-state index in [1.165, 1.54) is 128 Å². The summed E-state index contributed by atoms with van der Waals surface area (Å²) < 4.78 is 0. The van der Waals surface area contributed by atoms with E-state index in [4.69, 9.17) is 24.5 Å². The highest BCUT2D eigenvalue weighted by Gasteiger charge is 2.45. The molecule has 34 heavy (non-hydrogen) atoms. The summed E-state index contributed by atoms with van der Waals surface area (Å²) in [6.07, 6.45) is 29.6. The van der Waals surface area contributed by atoms with E-state index in [1.807, 2.05) is 0 Å². The van der Waals surface area contributed by atoms with Crippen molar-refractivity contribution in [2.45, 2.75) is 156 Å². The molecule has 0 spiro atoms. The lowest BCUT2D eigenvalue weighted by atomic mass is 10.0. The van der Waals surface area contributed by atoms with E-state index >= 15 is 0 Å². The van der Waals surface area contributed by atoms with Gasteiger partial charge in [-0.25, -0.2) is 0 Å². The summed E-state index contributed by atoms with van der Waals surface area (Å²) >= 11 is 11.2. The van der Waals surface area contributed by atoms with Crippen molar-refractivity contribution in [2.24, 2.45) is 0 Å². The fourth-order valence-corrected chi connectivity index (χ4v) is 27.4. The fourth-order valence-electron chi connectivity index (χ4n) is 7.04. The molecule has 0 aliphatic heterocycles.